The number of carboxylic acid groups (broad SMARTS) is 1. The van der Waals surface area contributed by atoms with Crippen molar-refractivity contribution in [2.24, 2.45) is 0 Å². The maximum absolute atomic E-state index is 12.2. The smallest absolute Gasteiger partial charge is 0.323 e. The summed E-state index contributed by atoms with van der Waals surface area (Å²) in [6.45, 7) is 7.32. The van der Waals surface area contributed by atoms with E-state index in [0.29, 0.717) is 0 Å². The van der Waals surface area contributed by atoms with E-state index < -0.39 is 5.97 Å². The second-order valence-electron chi connectivity index (χ2n) is 4.76. The molecule has 0 aliphatic heterocycles. The van der Waals surface area contributed by atoms with Crippen LogP contribution in [0, 0.1) is 13.8 Å². The van der Waals surface area contributed by atoms with Gasteiger partial charge in [0.15, 0.2) is 0 Å². The number of amides is 1. The Kier molecular flexibility index (Phi) is 5.09. The van der Waals surface area contributed by atoms with Crippen LogP contribution in [0.5, 0.6) is 0 Å². The minimum absolute atomic E-state index is 0.0806. The Hall–Kier alpha value is -1.85. The van der Waals surface area contributed by atoms with Gasteiger partial charge < -0.3 is 10.0 Å². The highest BCUT2D eigenvalue weighted by molar-refractivity contribution is 5.81. The molecule has 0 fully saturated rings. The van der Waals surface area contributed by atoms with Gasteiger partial charge in [0.2, 0.25) is 5.91 Å². The van der Waals surface area contributed by atoms with Crippen LogP contribution in [0.3, 0.4) is 0 Å². The SMILES string of the molecule is CCC(C)N(CC(=O)O)C(=O)Cn1nc(C)cc1C. The second kappa shape index (κ2) is 6.36. The molecule has 1 aromatic heterocycles. The predicted octanol–water partition coefficient (Wildman–Crippen LogP) is 1.21. The zero-order valence-corrected chi connectivity index (χ0v) is 11.9. The van der Waals surface area contributed by atoms with E-state index in [0.717, 1.165) is 17.8 Å². The fourth-order valence-electron chi connectivity index (χ4n) is 1.91. The van der Waals surface area contributed by atoms with E-state index in [1.54, 1.807) is 4.68 Å². The number of carbonyl (C=O) groups excluding carboxylic acids is 1. The topological polar surface area (TPSA) is 75.4 Å². The number of aliphatic carboxylic acids is 1. The van der Waals surface area contributed by atoms with Crippen molar-refractivity contribution >= 4 is 11.9 Å². The van der Waals surface area contributed by atoms with Gasteiger partial charge in [0.1, 0.15) is 13.1 Å². The first-order valence-electron chi connectivity index (χ1n) is 6.37. The van der Waals surface area contributed by atoms with Gasteiger partial charge in [-0.3, -0.25) is 14.3 Å². The van der Waals surface area contributed by atoms with Crippen LogP contribution in [0.4, 0.5) is 0 Å². The van der Waals surface area contributed by atoms with Gasteiger partial charge in [-0.2, -0.15) is 5.10 Å². The molecule has 1 heterocycles. The minimum atomic E-state index is -0.998. The molecule has 106 valence electrons. The highest BCUT2D eigenvalue weighted by atomic mass is 16.4. The van der Waals surface area contributed by atoms with Crippen LogP contribution >= 0.6 is 0 Å². The number of aromatic nitrogens is 2. The van der Waals surface area contributed by atoms with Crippen molar-refractivity contribution in [3.8, 4) is 0 Å². The monoisotopic (exact) mass is 267 g/mol. The lowest BCUT2D eigenvalue weighted by atomic mass is 10.2. The van der Waals surface area contributed by atoms with Crippen LogP contribution in [0.25, 0.3) is 0 Å². The normalized spacial score (nSPS) is 12.2. The molecule has 0 radical (unpaired) electrons. The highest BCUT2D eigenvalue weighted by Gasteiger charge is 2.22. The highest BCUT2D eigenvalue weighted by Crippen LogP contribution is 2.07. The van der Waals surface area contributed by atoms with Crippen LogP contribution in [0.2, 0.25) is 0 Å². The molecule has 1 aromatic rings. The van der Waals surface area contributed by atoms with E-state index in [1.807, 2.05) is 33.8 Å². The molecular weight excluding hydrogens is 246 g/mol. The number of hydrogen-bond donors (Lipinski definition) is 1. The van der Waals surface area contributed by atoms with E-state index in [4.69, 9.17) is 5.11 Å². The fourth-order valence-corrected chi connectivity index (χ4v) is 1.91. The molecule has 0 saturated carbocycles. The molecule has 1 atom stereocenters. The maximum atomic E-state index is 12.2. The number of carbonyl (C=O) groups is 2. The number of hydrogen-bond acceptors (Lipinski definition) is 3. The quantitative estimate of drug-likeness (QED) is 0.840. The van der Waals surface area contributed by atoms with Gasteiger partial charge in [-0.05, 0) is 33.3 Å². The molecule has 0 spiro atoms. The first-order valence-corrected chi connectivity index (χ1v) is 6.37. The summed E-state index contributed by atoms with van der Waals surface area (Å²) >= 11 is 0. The third-order valence-corrected chi connectivity index (χ3v) is 3.14. The van der Waals surface area contributed by atoms with Crippen molar-refractivity contribution in [1.82, 2.24) is 14.7 Å². The molecule has 6 heteroatoms. The fraction of sp³-hybridized carbons (Fsp3) is 0.615. The molecule has 19 heavy (non-hydrogen) atoms. The van der Waals surface area contributed by atoms with E-state index >= 15 is 0 Å². The van der Waals surface area contributed by atoms with E-state index in [2.05, 4.69) is 5.10 Å². The van der Waals surface area contributed by atoms with E-state index in [9.17, 15) is 9.59 Å². The van der Waals surface area contributed by atoms with Gasteiger partial charge in [-0.1, -0.05) is 6.92 Å². The molecule has 0 bridgehead atoms. The largest absolute Gasteiger partial charge is 0.480 e. The number of rotatable bonds is 6. The average Bonchev–Trinajstić information content (AvgIpc) is 2.63. The van der Waals surface area contributed by atoms with Gasteiger partial charge in [0.05, 0.1) is 5.69 Å². The molecule has 1 amide bonds. The minimum Gasteiger partial charge on any atom is -0.480 e. The van der Waals surface area contributed by atoms with Crippen LogP contribution in [0.1, 0.15) is 31.7 Å². The van der Waals surface area contributed by atoms with E-state index in [-0.39, 0.29) is 25.0 Å². The lowest BCUT2D eigenvalue weighted by Crippen LogP contribution is -2.43. The molecule has 1 unspecified atom stereocenters. The summed E-state index contributed by atoms with van der Waals surface area (Å²) in [7, 11) is 0. The van der Waals surface area contributed by atoms with Gasteiger partial charge >= 0.3 is 5.97 Å². The third-order valence-electron chi connectivity index (χ3n) is 3.14. The summed E-state index contributed by atoms with van der Waals surface area (Å²) in [5.74, 6) is -1.22. The standard InChI is InChI=1S/C13H21N3O3/c1-5-10(3)15(8-13(18)19)12(17)7-16-11(4)6-9(2)14-16/h6,10H,5,7-8H2,1-4H3,(H,18,19). The Morgan fingerprint density at radius 3 is 2.53 bits per heavy atom. The number of aryl methyl sites for hydroxylation is 2. The Morgan fingerprint density at radius 1 is 1.47 bits per heavy atom. The van der Waals surface area contributed by atoms with Crippen molar-refractivity contribution in [2.45, 2.75) is 46.7 Å². The van der Waals surface area contributed by atoms with Crippen LogP contribution in [-0.4, -0.2) is 44.3 Å². The summed E-state index contributed by atoms with van der Waals surface area (Å²) in [5, 5.41) is 13.1. The first-order chi connectivity index (χ1) is 8.85. The molecule has 0 aliphatic carbocycles. The van der Waals surface area contributed by atoms with Gasteiger partial charge in [0, 0.05) is 11.7 Å². The predicted molar refractivity (Wildman–Crippen MR) is 70.8 cm³/mol. The zero-order chi connectivity index (χ0) is 14.6. The van der Waals surface area contributed by atoms with Gasteiger partial charge in [-0.15, -0.1) is 0 Å². The van der Waals surface area contributed by atoms with Gasteiger partial charge in [-0.25, -0.2) is 0 Å². The summed E-state index contributed by atoms with van der Waals surface area (Å²) in [6, 6.07) is 1.79. The van der Waals surface area contributed by atoms with Crippen molar-refractivity contribution in [1.29, 1.82) is 0 Å². The molecule has 0 saturated heterocycles. The third kappa shape index (κ3) is 4.08. The average molecular weight is 267 g/mol. The summed E-state index contributed by atoms with van der Waals surface area (Å²) in [5.41, 5.74) is 1.74. The van der Waals surface area contributed by atoms with Crippen LogP contribution < -0.4 is 0 Å². The molecule has 0 aromatic carbocycles. The molecule has 1 N–H and O–H groups in total. The zero-order valence-electron chi connectivity index (χ0n) is 11.9. The molecule has 1 rings (SSSR count). The van der Waals surface area contributed by atoms with Crippen molar-refractivity contribution in [2.75, 3.05) is 6.54 Å². The summed E-state index contributed by atoms with van der Waals surface area (Å²) in [4.78, 5) is 24.4. The van der Waals surface area contributed by atoms with Gasteiger partial charge in [0.25, 0.3) is 0 Å². The summed E-state index contributed by atoms with van der Waals surface area (Å²) < 4.78 is 1.61. The Morgan fingerprint density at radius 2 is 2.11 bits per heavy atom. The Balaban J connectivity index is 2.82. The van der Waals surface area contributed by atoms with Crippen LogP contribution in [-0.2, 0) is 16.1 Å². The van der Waals surface area contributed by atoms with Crippen molar-refractivity contribution in [3.63, 3.8) is 0 Å². The lowest BCUT2D eigenvalue weighted by molar-refractivity contribution is -0.146. The van der Waals surface area contributed by atoms with Crippen molar-refractivity contribution < 1.29 is 14.7 Å². The number of nitrogens with zero attached hydrogens (tertiary/aromatic N) is 3. The first kappa shape index (κ1) is 15.2. The second-order valence-corrected chi connectivity index (χ2v) is 4.76. The lowest BCUT2D eigenvalue weighted by Gasteiger charge is -2.27. The Bertz CT molecular complexity index is 468. The molecule has 0 aliphatic rings. The van der Waals surface area contributed by atoms with Crippen molar-refractivity contribution in [3.05, 3.63) is 17.5 Å². The van der Waals surface area contributed by atoms with Crippen LogP contribution in [0.15, 0.2) is 6.07 Å². The number of carboxylic acids is 1. The van der Waals surface area contributed by atoms with E-state index in [1.165, 1.54) is 4.90 Å². The summed E-state index contributed by atoms with van der Waals surface area (Å²) in [6.07, 6.45) is 0.718. The maximum Gasteiger partial charge on any atom is 0.323 e. The molecular formula is C13H21N3O3. The Labute approximate surface area is 113 Å². The molecule has 6 nitrogen and oxygen atoms in total.